The van der Waals surface area contributed by atoms with Gasteiger partial charge in [0.2, 0.25) is 15.0 Å². The van der Waals surface area contributed by atoms with Crippen LogP contribution >= 0.6 is 0 Å². The quantitative estimate of drug-likeness (QED) is 0.509. The van der Waals surface area contributed by atoms with E-state index in [1.165, 1.54) is 0 Å². The average molecular weight is 531 g/mol. The largest absolute Gasteiger partial charge is 0.376 e. The summed E-state index contributed by atoms with van der Waals surface area (Å²) >= 11 is 0. The molecule has 1 saturated carbocycles. The van der Waals surface area contributed by atoms with Crippen molar-refractivity contribution in [1.82, 2.24) is 19.8 Å². The van der Waals surface area contributed by atoms with Crippen LogP contribution in [0.1, 0.15) is 88.6 Å². The molecule has 8 nitrogen and oxygen atoms in total. The minimum Gasteiger partial charge on any atom is -0.376 e. The molecule has 4 rings (SSSR count). The molecular formula is C28H42N4O4S. The van der Waals surface area contributed by atoms with Crippen molar-refractivity contribution in [2.45, 2.75) is 108 Å². The van der Waals surface area contributed by atoms with Crippen molar-refractivity contribution in [3.63, 3.8) is 0 Å². The van der Waals surface area contributed by atoms with E-state index in [-0.39, 0.29) is 35.6 Å². The number of carbonyl (C=O) groups excluding carboxylic acids is 1. The highest BCUT2D eigenvalue weighted by Gasteiger charge is 2.32. The van der Waals surface area contributed by atoms with Gasteiger partial charge in [-0.05, 0) is 58.9 Å². The molecular weight excluding hydrogens is 488 g/mol. The van der Waals surface area contributed by atoms with Crippen LogP contribution in [0.3, 0.4) is 0 Å². The van der Waals surface area contributed by atoms with Crippen LogP contribution in [0.25, 0.3) is 0 Å². The maximum Gasteiger partial charge on any atom is 0.318 e. The number of aromatic nitrogens is 2. The lowest BCUT2D eigenvalue weighted by atomic mass is 9.95. The van der Waals surface area contributed by atoms with Crippen LogP contribution in [0.5, 0.6) is 0 Å². The van der Waals surface area contributed by atoms with Gasteiger partial charge in [0.05, 0.1) is 30.3 Å². The lowest BCUT2D eigenvalue weighted by Gasteiger charge is -2.32. The zero-order valence-corrected chi connectivity index (χ0v) is 23.5. The number of ether oxygens (including phenoxy) is 1. The number of sulfone groups is 1. The molecule has 2 aliphatic rings. The molecule has 1 aliphatic heterocycles. The molecule has 1 saturated heterocycles. The van der Waals surface area contributed by atoms with Gasteiger partial charge in [-0.25, -0.2) is 18.2 Å². The van der Waals surface area contributed by atoms with Gasteiger partial charge in [0.25, 0.3) is 0 Å². The summed E-state index contributed by atoms with van der Waals surface area (Å²) in [5.74, 6) is -0.0952. The zero-order valence-electron chi connectivity index (χ0n) is 22.7. The van der Waals surface area contributed by atoms with E-state index >= 15 is 0 Å². The van der Waals surface area contributed by atoms with Crippen molar-refractivity contribution in [1.29, 1.82) is 0 Å². The molecule has 2 fully saturated rings. The minimum absolute atomic E-state index is 0.0127. The minimum atomic E-state index is -3.69. The van der Waals surface area contributed by atoms with Crippen molar-refractivity contribution < 1.29 is 17.9 Å². The van der Waals surface area contributed by atoms with Crippen LogP contribution in [-0.4, -0.2) is 53.7 Å². The molecule has 1 aliphatic carbocycles. The normalized spacial score (nSPS) is 19.2. The fourth-order valence-electron chi connectivity index (χ4n) is 5.39. The lowest BCUT2D eigenvalue weighted by molar-refractivity contribution is 0.0772. The van der Waals surface area contributed by atoms with E-state index in [1.807, 2.05) is 56.5 Å². The first kappa shape index (κ1) is 27.6. The first-order chi connectivity index (χ1) is 17.5. The maximum absolute atomic E-state index is 13.7. The molecule has 0 spiro atoms. The second-order valence-electron chi connectivity index (χ2n) is 11.6. The number of amides is 2. The summed E-state index contributed by atoms with van der Waals surface area (Å²) in [5.41, 5.74) is 2.15. The fraction of sp³-hybridized carbons (Fsp3) is 0.643. The number of nitrogens with zero attached hydrogens (tertiary/aromatic N) is 3. The molecule has 9 heteroatoms. The van der Waals surface area contributed by atoms with Crippen molar-refractivity contribution in [3.05, 3.63) is 47.3 Å². The van der Waals surface area contributed by atoms with Crippen LogP contribution in [-0.2, 0) is 26.9 Å². The van der Waals surface area contributed by atoms with Gasteiger partial charge < -0.3 is 19.5 Å². The molecule has 1 atom stereocenters. The number of urea groups is 1. The Labute approximate surface area is 221 Å². The van der Waals surface area contributed by atoms with E-state index in [0.717, 1.165) is 61.8 Å². The molecule has 1 aromatic carbocycles. The molecule has 204 valence electrons. The highest BCUT2D eigenvalue weighted by molar-refractivity contribution is 7.90. The molecule has 2 amide bonds. The number of rotatable bonds is 8. The van der Waals surface area contributed by atoms with Crippen molar-refractivity contribution in [2.75, 3.05) is 13.2 Å². The van der Waals surface area contributed by atoms with E-state index in [0.29, 0.717) is 13.2 Å². The third-order valence-electron chi connectivity index (χ3n) is 7.07. The molecule has 2 heterocycles. The first-order valence-electron chi connectivity index (χ1n) is 13.5. The number of hydrogen-bond acceptors (Lipinski definition) is 5. The van der Waals surface area contributed by atoms with Crippen molar-refractivity contribution >= 4 is 15.9 Å². The Morgan fingerprint density at radius 1 is 1.16 bits per heavy atom. The average Bonchev–Trinajstić information content (AvgIpc) is 3.48. The Balaban J connectivity index is 1.67. The SMILES string of the molecule is Cc1cccc(CS(=O)(=O)c2ncc(CN(CC3CCCO3)C(=O)NC(C)(C)C)n2C2CCCCC2)c1. The topological polar surface area (TPSA) is 93.5 Å². The highest BCUT2D eigenvalue weighted by atomic mass is 32.2. The van der Waals surface area contributed by atoms with Gasteiger partial charge in [0, 0.05) is 24.7 Å². The number of nitrogens with one attached hydrogen (secondary N) is 1. The monoisotopic (exact) mass is 530 g/mol. The van der Waals surface area contributed by atoms with Crippen LogP contribution in [0.2, 0.25) is 0 Å². The molecule has 2 aromatic rings. The van der Waals surface area contributed by atoms with Gasteiger partial charge in [0.15, 0.2) is 0 Å². The van der Waals surface area contributed by atoms with Crippen LogP contribution in [0, 0.1) is 6.92 Å². The smallest absolute Gasteiger partial charge is 0.318 e. The Kier molecular flexibility index (Phi) is 8.63. The Bertz CT molecular complexity index is 1170. The van der Waals surface area contributed by atoms with E-state index in [4.69, 9.17) is 4.74 Å². The molecule has 1 aromatic heterocycles. The van der Waals surface area contributed by atoms with E-state index in [9.17, 15) is 13.2 Å². The zero-order chi connectivity index (χ0) is 26.6. The van der Waals surface area contributed by atoms with Crippen molar-refractivity contribution in [3.8, 4) is 0 Å². The van der Waals surface area contributed by atoms with E-state index < -0.39 is 15.4 Å². The second-order valence-corrected chi connectivity index (χ2v) is 13.5. The Morgan fingerprint density at radius 3 is 2.57 bits per heavy atom. The summed E-state index contributed by atoms with van der Waals surface area (Å²) in [4.78, 5) is 19.6. The number of hydrogen-bond donors (Lipinski definition) is 1. The standard InChI is InChI=1S/C28H42N4O4S/c1-21-10-8-11-22(16-21)20-37(34,35)27-29-17-24(32(27)23-12-6-5-7-13-23)18-31(19-25-14-9-15-36-25)26(33)30-28(2,3)4/h8,10-11,16-17,23,25H,5-7,9,12-15,18-20H2,1-4H3,(H,30,33). The number of aryl methyl sites for hydroxylation is 1. The Hall–Kier alpha value is -2.39. The van der Waals surface area contributed by atoms with Gasteiger partial charge in [0.1, 0.15) is 0 Å². The van der Waals surface area contributed by atoms with Gasteiger partial charge in [-0.1, -0.05) is 49.1 Å². The van der Waals surface area contributed by atoms with Crippen LogP contribution in [0.4, 0.5) is 4.79 Å². The van der Waals surface area contributed by atoms with E-state index in [2.05, 4.69) is 10.3 Å². The predicted octanol–water partition coefficient (Wildman–Crippen LogP) is 5.16. The second kappa shape index (κ2) is 11.6. The highest BCUT2D eigenvalue weighted by Crippen LogP contribution is 2.33. The Morgan fingerprint density at radius 2 is 1.92 bits per heavy atom. The fourth-order valence-corrected chi connectivity index (χ4v) is 6.92. The van der Waals surface area contributed by atoms with Gasteiger partial charge in [-0.2, -0.15) is 0 Å². The third kappa shape index (κ3) is 7.35. The first-order valence-corrected chi connectivity index (χ1v) is 15.2. The van der Waals surface area contributed by atoms with E-state index in [1.54, 1.807) is 11.1 Å². The predicted molar refractivity (Wildman–Crippen MR) is 144 cm³/mol. The van der Waals surface area contributed by atoms with Crippen LogP contribution < -0.4 is 5.32 Å². The number of carbonyl (C=O) groups is 1. The molecule has 37 heavy (non-hydrogen) atoms. The summed E-state index contributed by atoms with van der Waals surface area (Å²) in [6.07, 6.45) is 8.65. The molecule has 1 unspecified atom stereocenters. The molecule has 1 N–H and O–H groups in total. The van der Waals surface area contributed by atoms with Gasteiger partial charge in [-0.15, -0.1) is 0 Å². The van der Waals surface area contributed by atoms with Gasteiger partial charge in [-0.3, -0.25) is 0 Å². The number of benzene rings is 1. The summed E-state index contributed by atoms with van der Waals surface area (Å²) in [6.45, 7) is 9.28. The van der Waals surface area contributed by atoms with Crippen molar-refractivity contribution in [2.24, 2.45) is 0 Å². The summed E-state index contributed by atoms with van der Waals surface area (Å²) < 4.78 is 35.1. The molecule has 0 bridgehead atoms. The summed E-state index contributed by atoms with van der Waals surface area (Å²) in [5, 5.41) is 3.19. The van der Waals surface area contributed by atoms with Crippen LogP contribution in [0.15, 0.2) is 35.6 Å². The lowest BCUT2D eigenvalue weighted by Crippen LogP contribution is -2.50. The summed E-state index contributed by atoms with van der Waals surface area (Å²) in [7, 11) is -3.69. The summed E-state index contributed by atoms with van der Waals surface area (Å²) in [6, 6.07) is 7.48. The number of imidazole rings is 1. The third-order valence-corrected chi connectivity index (χ3v) is 8.64. The molecule has 0 radical (unpaired) electrons. The maximum atomic E-state index is 13.7. The van der Waals surface area contributed by atoms with Gasteiger partial charge >= 0.3 is 6.03 Å².